The van der Waals surface area contributed by atoms with E-state index in [1.54, 1.807) is 0 Å². The van der Waals surface area contributed by atoms with E-state index in [0.717, 1.165) is 12.8 Å². The van der Waals surface area contributed by atoms with E-state index in [9.17, 15) is 9.59 Å². The summed E-state index contributed by atoms with van der Waals surface area (Å²) in [6.07, 6.45) is 3.92. The van der Waals surface area contributed by atoms with Crippen LogP contribution in [0.4, 0.5) is 0 Å². The summed E-state index contributed by atoms with van der Waals surface area (Å²) >= 11 is 0. The molecule has 1 aliphatic rings. The lowest BCUT2D eigenvalue weighted by molar-refractivity contribution is -0.137. The molecule has 1 rings (SSSR count). The number of imide groups is 1. The molecule has 0 aromatic rings. The lowest BCUT2D eigenvalue weighted by Gasteiger charge is -2.12. The van der Waals surface area contributed by atoms with Gasteiger partial charge in [-0.05, 0) is 12.8 Å². The molecule has 0 fully saturated rings. The fraction of sp³-hybridized carbons (Fsp3) is 0.600. The molecule has 1 aliphatic heterocycles. The molecule has 0 unspecified atom stereocenters. The van der Waals surface area contributed by atoms with Crippen molar-refractivity contribution in [1.29, 1.82) is 0 Å². The molecule has 0 saturated carbocycles. The first kappa shape index (κ1) is 9.96. The number of amides is 2. The maximum absolute atomic E-state index is 11.5. The summed E-state index contributed by atoms with van der Waals surface area (Å²) in [4.78, 5) is 24.1. The molecule has 0 spiro atoms. The quantitative estimate of drug-likeness (QED) is 0.616. The number of hydrogen-bond donors (Lipinski definition) is 0. The van der Waals surface area contributed by atoms with Gasteiger partial charge in [-0.1, -0.05) is 20.3 Å². The zero-order chi connectivity index (χ0) is 9.84. The van der Waals surface area contributed by atoms with Crippen LogP contribution in [0.25, 0.3) is 0 Å². The summed E-state index contributed by atoms with van der Waals surface area (Å²) in [5, 5.41) is 0. The van der Waals surface area contributed by atoms with Gasteiger partial charge in [0.05, 0.1) is 0 Å². The van der Waals surface area contributed by atoms with Gasteiger partial charge in [0.15, 0.2) is 0 Å². The molecular formula is C10H15NO2. The third-order valence-corrected chi connectivity index (χ3v) is 2.05. The van der Waals surface area contributed by atoms with Crippen molar-refractivity contribution in [2.75, 3.05) is 6.54 Å². The van der Waals surface area contributed by atoms with Gasteiger partial charge in [-0.15, -0.1) is 0 Å². The van der Waals surface area contributed by atoms with E-state index in [2.05, 4.69) is 0 Å². The van der Waals surface area contributed by atoms with Gasteiger partial charge in [-0.3, -0.25) is 14.5 Å². The highest BCUT2D eigenvalue weighted by Gasteiger charge is 2.28. The minimum Gasteiger partial charge on any atom is -0.275 e. The van der Waals surface area contributed by atoms with Crippen LogP contribution in [-0.2, 0) is 9.59 Å². The van der Waals surface area contributed by atoms with E-state index in [0.29, 0.717) is 18.5 Å². The van der Waals surface area contributed by atoms with E-state index in [1.807, 2.05) is 13.8 Å². The monoisotopic (exact) mass is 181 g/mol. The number of rotatable bonds is 4. The fourth-order valence-corrected chi connectivity index (χ4v) is 1.45. The number of nitrogens with zero attached hydrogens (tertiary/aromatic N) is 1. The molecule has 0 aromatic heterocycles. The molecule has 0 radical (unpaired) electrons. The van der Waals surface area contributed by atoms with Gasteiger partial charge < -0.3 is 0 Å². The van der Waals surface area contributed by atoms with Crippen molar-refractivity contribution in [3.63, 3.8) is 0 Å². The third-order valence-electron chi connectivity index (χ3n) is 2.05. The molecule has 0 aromatic carbocycles. The van der Waals surface area contributed by atoms with E-state index in [-0.39, 0.29) is 11.8 Å². The number of carbonyl (C=O) groups excluding carboxylic acids is 2. The molecule has 1 heterocycles. The standard InChI is InChI=1S/C10H15NO2/c1-3-5-8-7-9(12)11(6-4-2)10(8)13/h7H,3-6H2,1-2H3. The Balaban J connectivity index is 2.68. The van der Waals surface area contributed by atoms with Crippen molar-refractivity contribution in [3.8, 4) is 0 Å². The van der Waals surface area contributed by atoms with Crippen LogP contribution in [-0.4, -0.2) is 23.3 Å². The van der Waals surface area contributed by atoms with Crippen LogP contribution in [0.1, 0.15) is 33.1 Å². The molecule has 0 aliphatic carbocycles. The Bertz CT molecular complexity index is 256. The minimum absolute atomic E-state index is 0.0892. The molecule has 2 amide bonds. The highest BCUT2D eigenvalue weighted by molar-refractivity contribution is 6.16. The SMILES string of the molecule is CCCC1=CC(=O)N(CCC)C1=O. The topological polar surface area (TPSA) is 37.4 Å². The van der Waals surface area contributed by atoms with Crippen LogP contribution >= 0.6 is 0 Å². The molecule has 0 N–H and O–H groups in total. The Morgan fingerprint density at radius 3 is 2.46 bits per heavy atom. The normalized spacial score (nSPS) is 16.8. The van der Waals surface area contributed by atoms with Gasteiger partial charge in [0, 0.05) is 18.2 Å². The second kappa shape index (κ2) is 4.21. The Hall–Kier alpha value is -1.12. The third kappa shape index (κ3) is 1.97. The van der Waals surface area contributed by atoms with Crippen molar-refractivity contribution in [3.05, 3.63) is 11.6 Å². The summed E-state index contributed by atoms with van der Waals surface area (Å²) < 4.78 is 0. The average molecular weight is 181 g/mol. The first-order valence-corrected chi connectivity index (χ1v) is 4.77. The van der Waals surface area contributed by atoms with Crippen LogP contribution in [0.3, 0.4) is 0 Å². The van der Waals surface area contributed by atoms with E-state index < -0.39 is 0 Å². The van der Waals surface area contributed by atoms with Gasteiger partial charge in [-0.25, -0.2) is 0 Å². The van der Waals surface area contributed by atoms with Crippen molar-refractivity contribution in [1.82, 2.24) is 4.90 Å². The predicted molar refractivity (Wildman–Crippen MR) is 50.0 cm³/mol. The van der Waals surface area contributed by atoms with Crippen LogP contribution < -0.4 is 0 Å². The van der Waals surface area contributed by atoms with Gasteiger partial charge in [-0.2, -0.15) is 0 Å². The minimum atomic E-state index is -0.143. The Kier molecular flexibility index (Phi) is 3.23. The van der Waals surface area contributed by atoms with Gasteiger partial charge in [0.1, 0.15) is 0 Å². The van der Waals surface area contributed by atoms with Gasteiger partial charge >= 0.3 is 0 Å². The molecular weight excluding hydrogens is 166 g/mol. The van der Waals surface area contributed by atoms with Gasteiger partial charge in [0.25, 0.3) is 11.8 Å². The molecule has 3 nitrogen and oxygen atoms in total. The lowest BCUT2D eigenvalue weighted by Crippen LogP contribution is -2.31. The van der Waals surface area contributed by atoms with Crippen LogP contribution in [0, 0.1) is 0 Å². The highest BCUT2D eigenvalue weighted by atomic mass is 16.2. The molecule has 0 saturated heterocycles. The summed E-state index contributed by atoms with van der Waals surface area (Å²) in [5.41, 5.74) is 0.668. The summed E-state index contributed by atoms with van der Waals surface area (Å²) in [5.74, 6) is -0.232. The number of carbonyl (C=O) groups is 2. The second-order valence-electron chi connectivity index (χ2n) is 3.21. The Morgan fingerprint density at radius 2 is 1.92 bits per heavy atom. The van der Waals surface area contributed by atoms with E-state index in [1.165, 1.54) is 11.0 Å². The van der Waals surface area contributed by atoms with Crippen LogP contribution in [0.2, 0.25) is 0 Å². The van der Waals surface area contributed by atoms with Crippen molar-refractivity contribution in [2.45, 2.75) is 33.1 Å². The van der Waals surface area contributed by atoms with E-state index in [4.69, 9.17) is 0 Å². The first-order valence-electron chi connectivity index (χ1n) is 4.77. The predicted octanol–water partition coefficient (Wildman–Crippen LogP) is 1.49. The molecule has 13 heavy (non-hydrogen) atoms. The summed E-state index contributed by atoms with van der Waals surface area (Å²) in [6.45, 7) is 4.50. The average Bonchev–Trinajstić information content (AvgIpc) is 2.34. The Morgan fingerprint density at radius 1 is 1.23 bits per heavy atom. The summed E-state index contributed by atoms with van der Waals surface area (Å²) in [6, 6.07) is 0. The second-order valence-corrected chi connectivity index (χ2v) is 3.21. The van der Waals surface area contributed by atoms with Crippen molar-refractivity contribution in [2.24, 2.45) is 0 Å². The number of hydrogen-bond acceptors (Lipinski definition) is 2. The zero-order valence-corrected chi connectivity index (χ0v) is 8.17. The van der Waals surface area contributed by atoms with Gasteiger partial charge in [0.2, 0.25) is 0 Å². The molecule has 72 valence electrons. The first-order chi connectivity index (χ1) is 6.20. The maximum Gasteiger partial charge on any atom is 0.256 e. The summed E-state index contributed by atoms with van der Waals surface area (Å²) in [7, 11) is 0. The molecule has 0 atom stereocenters. The lowest BCUT2D eigenvalue weighted by atomic mass is 10.1. The zero-order valence-electron chi connectivity index (χ0n) is 8.17. The molecule has 0 bridgehead atoms. The maximum atomic E-state index is 11.5. The van der Waals surface area contributed by atoms with Crippen molar-refractivity contribution >= 4 is 11.8 Å². The van der Waals surface area contributed by atoms with Crippen LogP contribution in [0.5, 0.6) is 0 Å². The van der Waals surface area contributed by atoms with Crippen LogP contribution in [0.15, 0.2) is 11.6 Å². The fourth-order valence-electron chi connectivity index (χ4n) is 1.45. The molecule has 3 heteroatoms. The van der Waals surface area contributed by atoms with E-state index >= 15 is 0 Å². The smallest absolute Gasteiger partial charge is 0.256 e. The highest BCUT2D eigenvalue weighted by Crippen LogP contribution is 2.17. The van der Waals surface area contributed by atoms with Crippen molar-refractivity contribution < 1.29 is 9.59 Å². The largest absolute Gasteiger partial charge is 0.275 e. The Labute approximate surface area is 78.4 Å².